The fraction of sp³-hybridized carbons (Fsp3) is 0. The number of hydrogen-bond acceptors (Lipinski definition) is 24. The molecule has 0 atom stereocenters. The van der Waals surface area contributed by atoms with Gasteiger partial charge in [0.15, 0.2) is 0 Å². The van der Waals surface area contributed by atoms with Crippen molar-refractivity contribution in [1.82, 2.24) is 89.2 Å². The number of rotatable bonds is 0. The van der Waals surface area contributed by atoms with E-state index in [0.29, 0.717) is 0 Å². The van der Waals surface area contributed by atoms with E-state index in [0.717, 1.165) is 0 Å². The summed E-state index contributed by atoms with van der Waals surface area (Å²) in [6, 6.07) is 0. The third-order valence-corrected chi connectivity index (χ3v) is 2.62. The standard InChI is InChI=1S/6C2H4N4.6CNS.3Fe.3H2O/c6*3-6-1-4-5-2-6;6*2-1-3;;;;;;/h6*1-2H,3H2;;;;;;;;;;3*1H2/q;;;;;;6*-1;3*+2;;;/p+2. The number of nitrogen functional groups attached to an aromatic ring is 6. The molecule has 60 heavy (non-hydrogen) atoms. The van der Waals surface area contributed by atoms with Crippen LogP contribution in [0, 0.1) is 0 Å². The molecule has 0 saturated heterocycles. The van der Waals surface area contributed by atoms with Crippen molar-refractivity contribution in [2.24, 2.45) is 0 Å². The molecule has 6 heterocycles. The van der Waals surface area contributed by atoms with E-state index in [1.807, 2.05) is 0 Å². The zero-order valence-electron chi connectivity index (χ0n) is 29.3. The smallest absolute Gasteiger partial charge is 0.753 e. The molecule has 6 rings (SSSR count). The molecular weight excluding hydrogens is 1040 g/mol. The minimum Gasteiger partial charge on any atom is -0.753 e. The Hall–Kier alpha value is -6.12. The summed E-state index contributed by atoms with van der Waals surface area (Å²) in [6.45, 7) is 0. The van der Waals surface area contributed by atoms with Crippen molar-refractivity contribution in [3.63, 3.8) is 0 Å². The molecule has 0 fully saturated rings. The summed E-state index contributed by atoms with van der Waals surface area (Å²) in [5.41, 5.74) is 0. The van der Waals surface area contributed by atoms with Crippen molar-refractivity contribution in [2.45, 2.75) is 0 Å². The van der Waals surface area contributed by atoms with Crippen molar-refractivity contribution in [3.8, 4) is 0 Å². The van der Waals surface area contributed by atoms with Crippen LogP contribution in [-0.4, -0.2) is 126 Å². The predicted molar refractivity (Wildman–Crippen MR) is 230 cm³/mol. The van der Waals surface area contributed by atoms with E-state index in [1.54, 1.807) is 0 Å². The Bertz CT molecular complexity index is 1420. The minimum atomic E-state index is 0. The number of nitrogens with zero attached hydrogens (tertiary/aromatic N) is 24. The summed E-state index contributed by atoms with van der Waals surface area (Å²) in [4.78, 5) is 0. The predicted octanol–water partition coefficient (Wildman–Crippen LogP) is -4.77. The largest absolute Gasteiger partial charge is 2.00 e. The Morgan fingerprint density at radius 2 is 0.333 bits per heavy atom. The van der Waals surface area contributed by atoms with Gasteiger partial charge in [-0.05, 0) is 0 Å². The van der Waals surface area contributed by atoms with Gasteiger partial charge in [-0.2, -0.15) is 31.0 Å². The zero-order chi connectivity index (χ0) is 42.7. The molecule has 0 bridgehead atoms. The van der Waals surface area contributed by atoms with Gasteiger partial charge in [-0.1, -0.05) is 73.3 Å². The fourth-order valence-electron chi connectivity index (χ4n) is 1.25. The van der Waals surface area contributed by atoms with Crippen molar-refractivity contribution >= 4 is 104 Å². The third-order valence-electron chi connectivity index (χ3n) is 2.62. The molecule has 0 unspecified atom stereocenters. The molecule has 6 aromatic rings. The first kappa shape index (κ1) is 85.9. The SMILES string of the molecule is Nn1cnnc1.Nn1cnnc1.Nn1cnnc1.Nn1cnnc1.Nn1cnnc1.Nn1cnnc1.O.[Fe+2].[Fe+2].[Fe+2].[N-]=C=S.[N-]=C=S.[N-]=C=S.[N-]=C=S.[N-]=C=S.[N-]=C=S.[OH3+].[OH3+]. The van der Waals surface area contributed by atoms with Crippen molar-refractivity contribution in [1.29, 1.82) is 0 Å². The van der Waals surface area contributed by atoms with E-state index in [9.17, 15) is 0 Å². The topological polar surface area (TPSA) is 572 Å². The van der Waals surface area contributed by atoms with Crippen LogP contribution in [0.3, 0.4) is 0 Å². The fourth-order valence-corrected chi connectivity index (χ4v) is 1.25. The number of aromatic nitrogens is 18. The van der Waals surface area contributed by atoms with Crippen molar-refractivity contribution in [2.75, 3.05) is 35.1 Å². The van der Waals surface area contributed by atoms with Crippen LogP contribution in [0.5, 0.6) is 0 Å². The van der Waals surface area contributed by atoms with Gasteiger partial charge in [0.25, 0.3) is 0 Å². The Kier molecular flexibility index (Phi) is 116. The van der Waals surface area contributed by atoms with Crippen molar-refractivity contribution < 1.29 is 67.6 Å². The molecule has 0 aliphatic rings. The molecule has 0 aliphatic heterocycles. The maximum absolute atomic E-state index is 7.13. The molecule has 0 aliphatic carbocycles. The van der Waals surface area contributed by atoms with E-state index in [-0.39, 0.29) is 67.6 Å². The average Bonchev–Trinajstić information content (AvgIpc) is 3.97. The van der Waals surface area contributed by atoms with Crippen LogP contribution in [0.2, 0.25) is 0 Å². The summed E-state index contributed by atoms with van der Waals surface area (Å²) in [6.07, 6.45) is 17.0. The van der Waals surface area contributed by atoms with E-state index in [2.05, 4.69) is 134 Å². The molecular formula is C18H32Fe3N30O3S6+2. The van der Waals surface area contributed by atoms with Gasteiger partial charge in [-0.3, -0.25) is 0 Å². The number of thiocarbonyl (C=S) groups is 6. The number of nitrogens with two attached hydrogens (primary N) is 6. The summed E-state index contributed by atoms with van der Waals surface area (Å²) < 4.78 is 7.67. The second-order valence-corrected chi connectivity index (χ2v) is 7.10. The Morgan fingerprint density at radius 1 is 0.283 bits per heavy atom. The first-order chi connectivity index (χ1) is 25.8. The van der Waals surface area contributed by atoms with Crippen LogP contribution < -0.4 is 35.1 Å². The Morgan fingerprint density at radius 3 is 0.350 bits per heavy atom. The van der Waals surface area contributed by atoms with E-state index in [4.69, 9.17) is 67.5 Å². The summed E-state index contributed by atoms with van der Waals surface area (Å²) in [5, 5.41) is 91.7. The van der Waals surface area contributed by atoms with Gasteiger partial charge >= 0.3 is 51.2 Å². The van der Waals surface area contributed by atoms with Gasteiger partial charge < -0.3 is 83.9 Å². The molecule has 330 valence electrons. The maximum Gasteiger partial charge on any atom is 2.00 e. The molecule has 6 aromatic heterocycles. The quantitative estimate of drug-likeness (QED) is 0.0273. The van der Waals surface area contributed by atoms with Crippen molar-refractivity contribution in [3.05, 3.63) is 108 Å². The molecule has 33 nitrogen and oxygen atoms in total. The van der Waals surface area contributed by atoms with Crippen LogP contribution in [0.1, 0.15) is 0 Å². The average molecular weight is 1080 g/mol. The molecule has 20 N–H and O–H groups in total. The first-order valence-electron chi connectivity index (χ1n) is 11.5. The normalized spacial score (nSPS) is 6.00. The first-order valence-corrected chi connectivity index (χ1v) is 14.0. The maximum atomic E-state index is 7.13. The van der Waals surface area contributed by atoms with Crippen LogP contribution in [0.25, 0.3) is 32.5 Å². The number of isothiocyanates is 6. The van der Waals surface area contributed by atoms with E-state index >= 15 is 0 Å². The van der Waals surface area contributed by atoms with Gasteiger partial charge in [-0.25, -0.2) is 28.1 Å². The second kappa shape index (κ2) is 81.1. The third kappa shape index (κ3) is 104. The van der Waals surface area contributed by atoms with Crippen LogP contribution in [0.15, 0.2) is 75.9 Å². The van der Waals surface area contributed by atoms with Gasteiger partial charge in [0.05, 0.1) is 0 Å². The van der Waals surface area contributed by atoms with Crippen LogP contribution in [0.4, 0.5) is 0 Å². The Labute approximate surface area is 401 Å². The van der Waals surface area contributed by atoms with Crippen LogP contribution in [-0.2, 0) is 62.2 Å². The second-order valence-electron chi connectivity index (χ2n) is 6.00. The van der Waals surface area contributed by atoms with Gasteiger partial charge in [0, 0.05) is 0 Å². The summed E-state index contributed by atoms with van der Waals surface area (Å²) in [5.74, 6) is 30.4. The van der Waals surface area contributed by atoms with Gasteiger partial charge in [-0.15, -0.1) is 61.2 Å². The number of hydrogen-bond donors (Lipinski definition) is 6. The molecule has 0 saturated carbocycles. The van der Waals surface area contributed by atoms with E-state index < -0.39 is 0 Å². The molecule has 42 heteroatoms. The molecule has 0 spiro atoms. The molecule has 0 radical (unpaired) electrons. The monoisotopic (exact) mass is 1080 g/mol. The molecule has 0 amide bonds. The Balaban J connectivity index is -0.0000000421. The minimum absolute atomic E-state index is 0. The summed E-state index contributed by atoms with van der Waals surface area (Å²) >= 11 is 22.2. The van der Waals surface area contributed by atoms with Crippen LogP contribution >= 0.6 is 73.3 Å². The molecule has 0 aromatic carbocycles. The summed E-state index contributed by atoms with van der Waals surface area (Å²) in [7, 11) is 0. The zero-order valence-corrected chi connectivity index (χ0v) is 37.5. The van der Waals surface area contributed by atoms with Gasteiger partial charge in [0.1, 0.15) is 75.9 Å². The van der Waals surface area contributed by atoms with Gasteiger partial charge in [0.2, 0.25) is 0 Å². The van der Waals surface area contributed by atoms with E-state index in [1.165, 1.54) is 135 Å².